The number of hydrogen-bond acceptors (Lipinski definition) is 4. The summed E-state index contributed by atoms with van der Waals surface area (Å²) in [6.07, 6.45) is 4.22. The predicted octanol–water partition coefficient (Wildman–Crippen LogP) is 16.1. The van der Waals surface area contributed by atoms with Crippen molar-refractivity contribution in [1.82, 2.24) is 15.0 Å². The highest BCUT2D eigenvalue weighted by Crippen LogP contribution is 2.39. The first-order chi connectivity index (χ1) is 30.6. The average molecular weight is 810 g/mol. The normalized spacial score (nSPS) is 11.8. The second kappa shape index (κ2) is 15.7. The van der Waals surface area contributed by atoms with Crippen LogP contribution in [0.15, 0.2) is 201 Å². The Kier molecular flexibility index (Phi) is 9.41. The first-order valence-corrected chi connectivity index (χ1v) is 21.7. The van der Waals surface area contributed by atoms with E-state index < -0.39 is 0 Å². The zero-order valence-corrected chi connectivity index (χ0v) is 34.9. The molecular formula is C58H39N3S. The lowest BCUT2D eigenvalue weighted by Gasteiger charge is -2.12. The lowest BCUT2D eigenvalue weighted by Crippen LogP contribution is -2.00. The van der Waals surface area contributed by atoms with E-state index in [1.807, 2.05) is 42.5 Å². The maximum absolute atomic E-state index is 5.10. The summed E-state index contributed by atoms with van der Waals surface area (Å²) in [5.74, 6) is 1.91. The highest BCUT2D eigenvalue weighted by molar-refractivity contribution is 7.20. The van der Waals surface area contributed by atoms with Gasteiger partial charge in [0.05, 0.1) is 0 Å². The molecule has 0 aliphatic heterocycles. The molecule has 11 aromatic rings. The van der Waals surface area contributed by atoms with Crippen molar-refractivity contribution in [2.24, 2.45) is 0 Å². The molecule has 3 nitrogen and oxygen atoms in total. The van der Waals surface area contributed by atoms with E-state index in [2.05, 4.69) is 177 Å². The van der Waals surface area contributed by atoms with Gasteiger partial charge < -0.3 is 0 Å². The maximum Gasteiger partial charge on any atom is 0.164 e. The highest BCUT2D eigenvalue weighted by Gasteiger charge is 2.16. The number of thiophene rings is 1. The monoisotopic (exact) mass is 809 g/mol. The largest absolute Gasteiger partial charge is 0.208 e. The molecule has 11 rings (SSSR count). The Morgan fingerprint density at radius 3 is 1.40 bits per heavy atom. The van der Waals surface area contributed by atoms with Gasteiger partial charge in [0.15, 0.2) is 17.5 Å². The van der Waals surface area contributed by atoms with Crippen LogP contribution in [0.3, 0.4) is 0 Å². The Labute approximate surface area is 364 Å². The summed E-state index contributed by atoms with van der Waals surface area (Å²) < 4.78 is 1.16. The first-order valence-electron chi connectivity index (χ1n) is 20.9. The van der Waals surface area contributed by atoms with E-state index in [1.54, 1.807) is 11.3 Å². The molecular weight excluding hydrogens is 771 g/mol. The zero-order valence-electron chi connectivity index (χ0n) is 34.1. The minimum Gasteiger partial charge on any atom is -0.208 e. The Morgan fingerprint density at radius 2 is 0.823 bits per heavy atom. The molecule has 0 radical (unpaired) electrons. The van der Waals surface area contributed by atoms with E-state index in [0.29, 0.717) is 17.5 Å². The molecule has 0 aliphatic carbocycles. The average Bonchev–Trinajstić information content (AvgIpc) is 3.70. The fraction of sp³-hybridized carbons (Fsp3) is 0.0172. The Bertz CT molecular complexity index is 3480. The topological polar surface area (TPSA) is 38.7 Å². The summed E-state index contributed by atoms with van der Waals surface area (Å²) in [6.45, 7) is 6.34. The quantitative estimate of drug-likeness (QED) is 0.144. The first kappa shape index (κ1) is 37.2. The summed E-state index contributed by atoms with van der Waals surface area (Å²) in [4.78, 5) is 16.3. The molecule has 0 aliphatic rings. The fourth-order valence-corrected chi connectivity index (χ4v) is 9.93. The molecule has 0 N–H and O–H groups in total. The second-order valence-corrected chi connectivity index (χ2v) is 16.8. The minimum atomic E-state index is 0.632. The Balaban J connectivity index is 0.917. The van der Waals surface area contributed by atoms with E-state index in [9.17, 15) is 0 Å². The zero-order chi connectivity index (χ0) is 41.6. The van der Waals surface area contributed by atoms with Crippen LogP contribution in [0.2, 0.25) is 0 Å². The van der Waals surface area contributed by atoms with E-state index >= 15 is 0 Å². The molecule has 0 atom stereocenters. The van der Waals surface area contributed by atoms with Crippen LogP contribution >= 0.6 is 11.3 Å². The van der Waals surface area contributed by atoms with Gasteiger partial charge in [-0.05, 0) is 96.4 Å². The van der Waals surface area contributed by atoms with Gasteiger partial charge in [-0.25, -0.2) is 15.0 Å². The number of nitrogens with zero attached hydrogens (tertiary/aromatic N) is 3. The van der Waals surface area contributed by atoms with Crippen LogP contribution in [0, 0.1) is 0 Å². The van der Waals surface area contributed by atoms with Gasteiger partial charge in [-0.1, -0.05) is 195 Å². The van der Waals surface area contributed by atoms with Crippen molar-refractivity contribution < 1.29 is 0 Å². The molecule has 0 bridgehead atoms. The number of aromatic nitrogens is 3. The molecule has 0 spiro atoms. The molecule has 0 saturated carbocycles. The van der Waals surface area contributed by atoms with Crippen molar-refractivity contribution in [2.45, 2.75) is 6.92 Å². The molecule has 0 unspecified atom stereocenters. The second-order valence-electron chi connectivity index (χ2n) is 15.7. The van der Waals surface area contributed by atoms with Crippen molar-refractivity contribution in [1.29, 1.82) is 0 Å². The predicted molar refractivity (Wildman–Crippen MR) is 265 cm³/mol. The molecule has 0 amide bonds. The Morgan fingerprint density at radius 1 is 0.403 bits per heavy atom. The molecule has 292 valence electrons. The Hall–Kier alpha value is -7.79. The van der Waals surface area contributed by atoms with E-state index in [-0.39, 0.29) is 0 Å². The lowest BCUT2D eigenvalue weighted by molar-refractivity contribution is 1.07. The summed E-state index contributed by atoms with van der Waals surface area (Å²) in [7, 11) is 0. The van der Waals surface area contributed by atoms with Gasteiger partial charge in [0.1, 0.15) is 0 Å². The summed E-state index contributed by atoms with van der Waals surface area (Å²) >= 11 is 1.76. The third kappa shape index (κ3) is 6.77. The molecule has 0 fully saturated rings. The van der Waals surface area contributed by atoms with Gasteiger partial charge in [0.2, 0.25) is 0 Å². The van der Waals surface area contributed by atoms with Crippen LogP contribution in [0.1, 0.15) is 22.9 Å². The highest BCUT2D eigenvalue weighted by atomic mass is 32.1. The van der Waals surface area contributed by atoms with Crippen LogP contribution in [-0.4, -0.2) is 15.0 Å². The number of allylic oxidation sites excluding steroid dienone is 1. The minimum absolute atomic E-state index is 0.632. The third-order valence-electron chi connectivity index (χ3n) is 11.9. The molecule has 2 aromatic heterocycles. The van der Waals surface area contributed by atoms with Gasteiger partial charge >= 0.3 is 0 Å². The molecule has 2 heterocycles. The van der Waals surface area contributed by atoms with Gasteiger partial charge in [0, 0.05) is 31.7 Å². The van der Waals surface area contributed by atoms with Crippen molar-refractivity contribution >= 4 is 71.5 Å². The summed E-state index contributed by atoms with van der Waals surface area (Å²) in [5.41, 5.74) is 11.0. The van der Waals surface area contributed by atoms with Gasteiger partial charge in [-0.2, -0.15) is 0 Å². The number of fused-ring (bicyclic) bond motifs is 7. The van der Waals surface area contributed by atoms with Crippen LogP contribution in [0.4, 0.5) is 0 Å². The van der Waals surface area contributed by atoms with Crippen molar-refractivity contribution in [3.05, 3.63) is 217 Å². The number of rotatable bonds is 8. The van der Waals surface area contributed by atoms with Crippen LogP contribution in [0.5, 0.6) is 0 Å². The summed E-state index contributed by atoms with van der Waals surface area (Å²) in [6, 6.07) is 68.9. The fourth-order valence-electron chi connectivity index (χ4n) is 8.68. The van der Waals surface area contributed by atoms with Crippen LogP contribution in [0.25, 0.3) is 117 Å². The lowest BCUT2D eigenvalue weighted by atomic mass is 9.92. The molecule has 62 heavy (non-hydrogen) atoms. The van der Waals surface area contributed by atoms with Gasteiger partial charge in [0.25, 0.3) is 0 Å². The summed E-state index contributed by atoms with van der Waals surface area (Å²) in [5, 5.41) is 8.87. The standard InChI is InChI=1S/C58H39N3S/c1-3-46-52-33-31-45(36-55(52)62-54(46)34-37(2)38-14-6-4-7-15-38)58-60-56(42-16-8-5-9-17-42)59-57(61-58)43-28-26-40(27-29-43)39-22-24-41(25-23-39)44-30-32-51-49-20-11-10-18-47(49)48-19-12-13-21-50(48)53(51)35-44/h3-36H,1H2,2H3/b37-34+. The van der Waals surface area contributed by atoms with Crippen LogP contribution < -0.4 is 0 Å². The molecule has 0 saturated heterocycles. The molecule has 9 aromatic carbocycles. The SMILES string of the molecule is C=Cc1c(/C=C(\C)c2ccccc2)sc2cc(-c3nc(-c4ccccc4)nc(-c4ccc(-c5ccc(-c6ccc7c8ccccc8c8ccccc8c7c6)cc5)cc4)n3)ccc12. The maximum atomic E-state index is 5.10. The van der Waals surface area contributed by atoms with E-state index in [0.717, 1.165) is 38.1 Å². The van der Waals surface area contributed by atoms with Crippen molar-refractivity contribution in [3.63, 3.8) is 0 Å². The smallest absolute Gasteiger partial charge is 0.164 e. The van der Waals surface area contributed by atoms with Crippen molar-refractivity contribution in [2.75, 3.05) is 0 Å². The molecule has 4 heteroatoms. The van der Waals surface area contributed by atoms with E-state index in [1.165, 1.54) is 64.8 Å². The van der Waals surface area contributed by atoms with Crippen LogP contribution in [-0.2, 0) is 0 Å². The number of benzene rings is 9. The van der Waals surface area contributed by atoms with E-state index in [4.69, 9.17) is 15.0 Å². The van der Waals surface area contributed by atoms with Gasteiger partial charge in [-0.15, -0.1) is 11.3 Å². The third-order valence-corrected chi connectivity index (χ3v) is 13.0. The van der Waals surface area contributed by atoms with Gasteiger partial charge in [-0.3, -0.25) is 0 Å². The number of hydrogen-bond donors (Lipinski definition) is 0. The van der Waals surface area contributed by atoms with Crippen molar-refractivity contribution in [3.8, 4) is 56.4 Å².